The second kappa shape index (κ2) is 9.09. The second-order valence-corrected chi connectivity index (χ2v) is 5.70. The van der Waals surface area contributed by atoms with Crippen molar-refractivity contribution in [1.29, 1.82) is 0 Å². The highest BCUT2D eigenvalue weighted by atomic mass is 32.1. The monoisotopic (exact) mass is 364 g/mol. The Morgan fingerprint density at radius 1 is 0.792 bits per heavy atom. The standard InChI is InChI=1S/C16H16N2O4S2/c19-15(21-17-11-5-3-7-13(17)23)9-1-2-10-16(20)22-18-12-6-4-8-14(18)24/h3-8,11-12H,1-2,9-10H2. The van der Waals surface area contributed by atoms with E-state index in [4.69, 9.17) is 34.1 Å². The molecule has 0 amide bonds. The average molecular weight is 364 g/mol. The maximum atomic E-state index is 11.7. The van der Waals surface area contributed by atoms with Crippen LogP contribution in [-0.2, 0) is 9.59 Å². The zero-order valence-corrected chi connectivity index (χ0v) is 14.4. The van der Waals surface area contributed by atoms with Crippen molar-refractivity contribution < 1.29 is 19.3 Å². The second-order valence-electron chi connectivity index (χ2n) is 4.86. The fourth-order valence-electron chi connectivity index (χ4n) is 1.83. The maximum absolute atomic E-state index is 11.7. The van der Waals surface area contributed by atoms with E-state index in [0.717, 1.165) is 0 Å². The molecule has 2 aromatic rings. The summed E-state index contributed by atoms with van der Waals surface area (Å²) < 4.78 is 3.30. The van der Waals surface area contributed by atoms with Crippen molar-refractivity contribution in [3.05, 3.63) is 58.1 Å². The van der Waals surface area contributed by atoms with E-state index in [9.17, 15) is 9.59 Å². The van der Waals surface area contributed by atoms with Crippen LogP contribution in [0.25, 0.3) is 0 Å². The largest absolute Gasteiger partial charge is 0.336 e. The SMILES string of the molecule is O=C(CCCCC(=O)On1ccccc1=S)On1ccccc1=S. The topological polar surface area (TPSA) is 62.5 Å². The molecule has 0 aliphatic rings. The summed E-state index contributed by atoms with van der Waals surface area (Å²) in [5.41, 5.74) is 0. The Balaban J connectivity index is 1.69. The summed E-state index contributed by atoms with van der Waals surface area (Å²) in [6.07, 6.45) is 4.54. The first-order valence-corrected chi connectivity index (χ1v) is 8.15. The van der Waals surface area contributed by atoms with E-state index in [-0.39, 0.29) is 12.8 Å². The molecule has 6 nitrogen and oxygen atoms in total. The third kappa shape index (κ3) is 5.71. The minimum absolute atomic E-state index is 0.189. The zero-order chi connectivity index (χ0) is 17.4. The van der Waals surface area contributed by atoms with E-state index in [0.29, 0.717) is 22.1 Å². The van der Waals surface area contributed by atoms with Gasteiger partial charge in [0.05, 0.1) is 0 Å². The van der Waals surface area contributed by atoms with Crippen LogP contribution in [0.5, 0.6) is 0 Å². The van der Waals surface area contributed by atoms with E-state index in [1.807, 2.05) is 0 Å². The van der Waals surface area contributed by atoms with Gasteiger partial charge in [0, 0.05) is 25.2 Å². The lowest BCUT2D eigenvalue weighted by Crippen LogP contribution is -2.21. The van der Waals surface area contributed by atoms with E-state index in [1.54, 1.807) is 48.8 Å². The molecule has 0 bridgehead atoms. The van der Waals surface area contributed by atoms with Crippen LogP contribution in [0, 0.1) is 9.28 Å². The lowest BCUT2D eigenvalue weighted by Gasteiger charge is -2.07. The predicted molar refractivity (Wildman–Crippen MR) is 92.2 cm³/mol. The fourth-order valence-corrected chi connectivity index (χ4v) is 2.18. The van der Waals surface area contributed by atoms with Gasteiger partial charge in [-0.2, -0.15) is 9.46 Å². The Hall–Kier alpha value is -2.32. The van der Waals surface area contributed by atoms with Crippen molar-refractivity contribution in [3.63, 3.8) is 0 Å². The molecular weight excluding hydrogens is 348 g/mol. The number of carbonyl (C=O) groups is 2. The third-order valence-electron chi connectivity index (χ3n) is 2.99. The number of aromatic nitrogens is 2. The summed E-state index contributed by atoms with van der Waals surface area (Å²) in [4.78, 5) is 33.6. The fraction of sp³-hybridized carbons (Fsp3) is 0.250. The van der Waals surface area contributed by atoms with Crippen molar-refractivity contribution >= 4 is 36.4 Å². The van der Waals surface area contributed by atoms with Crippen LogP contribution in [0.2, 0.25) is 0 Å². The van der Waals surface area contributed by atoms with Gasteiger partial charge in [0.25, 0.3) is 0 Å². The van der Waals surface area contributed by atoms with Crippen LogP contribution in [-0.4, -0.2) is 21.4 Å². The summed E-state index contributed by atoms with van der Waals surface area (Å²) in [5.74, 6) is -0.813. The average Bonchev–Trinajstić information content (AvgIpc) is 2.56. The Labute approximate surface area is 149 Å². The molecule has 8 heteroatoms. The van der Waals surface area contributed by atoms with Gasteiger partial charge in [-0.1, -0.05) is 36.6 Å². The Morgan fingerprint density at radius 3 is 1.58 bits per heavy atom. The number of hydrogen-bond acceptors (Lipinski definition) is 6. The number of hydrogen-bond donors (Lipinski definition) is 0. The number of pyridine rings is 2. The van der Waals surface area contributed by atoms with E-state index < -0.39 is 11.9 Å². The Morgan fingerprint density at radius 2 is 1.21 bits per heavy atom. The van der Waals surface area contributed by atoms with Crippen LogP contribution < -0.4 is 9.68 Å². The molecule has 2 rings (SSSR count). The number of carbonyl (C=O) groups excluding carboxylic acids is 2. The molecule has 2 heterocycles. The first-order chi connectivity index (χ1) is 11.6. The molecule has 2 aromatic heterocycles. The van der Waals surface area contributed by atoms with Gasteiger partial charge in [0.1, 0.15) is 9.28 Å². The lowest BCUT2D eigenvalue weighted by molar-refractivity contribution is -0.146. The maximum Gasteiger partial charge on any atom is 0.332 e. The van der Waals surface area contributed by atoms with Crippen LogP contribution >= 0.6 is 24.4 Å². The molecule has 0 aliphatic heterocycles. The Kier molecular flexibility index (Phi) is 6.83. The van der Waals surface area contributed by atoms with E-state index in [1.165, 1.54) is 9.46 Å². The molecule has 0 fully saturated rings. The lowest BCUT2D eigenvalue weighted by atomic mass is 10.2. The minimum atomic E-state index is -0.407. The zero-order valence-electron chi connectivity index (χ0n) is 12.8. The first kappa shape index (κ1) is 18.0. The van der Waals surface area contributed by atoms with E-state index in [2.05, 4.69) is 0 Å². The highest BCUT2D eigenvalue weighted by molar-refractivity contribution is 7.71. The number of unbranched alkanes of at least 4 members (excludes halogenated alkanes) is 1. The van der Waals surface area contributed by atoms with Gasteiger partial charge in [-0.05, 0) is 37.1 Å². The highest BCUT2D eigenvalue weighted by Crippen LogP contribution is 2.02. The van der Waals surface area contributed by atoms with Crippen molar-refractivity contribution in [2.24, 2.45) is 0 Å². The quantitative estimate of drug-likeness (QED) is 0.556. The smallest absolute Gasteiger partial charge is 0.332 e. The van der Waals surface area contributed by atoms with Crippen LogP contribution in [0.4, 0.5) is 0 Å². The van der Waals surface area contributed by atoms with Gasteiger partial charge in [-0.3, -0.25) is 0 Å². The first-order valence-electron chi connectivity index (χ1n) is 7.34. The summed E-state index contributed by atoms with van der Waals surface area (Å²) in [6.45, 7) is 0. The van der Waals surface area contributed by atoms with Crippen molar-refractivity contribution in [2.45, 2.75) is 25.7 Å². The summed E-state index contributed by atoms with van der Waals surface area (Å²) in [6, 6.07) is 10.3. The van der Waals surface area contributed by atoms with Crippen LogP contribution in [0.15, 0.2) is 48.8 Å². The van der Waals surface area contributed by atoms with Gasteiger partial charge >= 0.3 is 11.9 Å². The Bertz CT molecular complexity index is 759. The molecule has 24 heavy (non-hydrogen) atoms. The summed E-state index contributed by atoms with van der Waals surface area (Å²) in [7, 11) is 0. The molecule has 0 atom stereocenters. The van der Waals surface area contributed by atoms with Gasteiger partial charge in [0.2, 0.25) is 0 Å². The third-order valence-corrected chi connectivity index (χ3v) is 3.62. The highest BCUT2D eigenvalue weighted by Gasteiger charge is 2.08. The molecule has 0 unspecified atom stereocenters. The predicted octanol–water partition coefficient (Wildman–Crippen LogP) is 2.92. The summed E-state index contributed by atoms with van der Waals surface area (Å²) >= 11 is 10.1. The molecule has 0 spiro atoms. The number of rotatable bonds is 7. The molecular formula is C16H16N2O4S2. The normalized spacial score (nSPS) is 10.2. The molecule has 0 saturated carbocycles. The molecule has 0 aromatic carbocycles. The van der Waals surface area contributed by atoms with Gasteiger partial charge in [0.15, 0.2) is 0 Å². The minimum Gasteiger partial charge on any atom is -0.336 e. The molecule has 0 radical (unpaired) electrons. The van der Waals surface area contributed by atoms with Crippen molar-refractivity contribution in [3.8, 4) is 0 Å². The van der Waals surface area contributed by atoms with Crippen molar-refractivity contribution in [1.82, 2.24) is 9.46 Å². The molecule has 0 aliphatic carbocycles. The molecule has 126 valence electrons. The number of nitrogens with zero attached hydrogens (tertiary/aromatic N) is 2. The molecule has 0 N–H and O–H groups in total. The molecule has 0 saturated heterocycles. The van der Waals surface area contributed by atoms with Gasteiger partial charge < -0.3 is 9.68 Å². The van der Waals surface area contributed by atoms with Crippen LogP contribution in [0.3, 0.4) is 0 Å². The van der Waals surface area contributed by atoms with Crippen molar-refractivity contribution in [2.75, 3.05) is 0 Å². The van der Waals surface area contributed by atoms with Crippen LogP contribution in [0.1, 0.15) is 25.7 Å². The summed E-state index contributed by atoms with van der Waals surface area (Å²) in [5, 5.41) is 0. The van der Waals surface area contributed by atoms with Gasteiger partial charge in [-0.25, -0.2) is 9.59 Å². The van der Waals surface area contributed by atoms with E-state index >= 15 is 0 Å². The van der Waals surface area contributed by atoms with Gasteiger partial charge in [-0.15, -0.1) is 0 Å².